The topological polar surface area (TPSA) is 105 Å². The van der Waals surface area contributed by atoms with E-state index in [0.717, 1.165) is 0 Å². The fourth-order valence-electron chi connectivity index (χ4n) is 2.72. The van der Waals surface area contributed by atoms with Crippen LogP contribution in [0.2, 0.25) is 0 Å². The summed E-state index contributed by atoms with van der Waals surface area (Å²) in [7, 11) is 0. The van der Waals surface area contributed by atoms with Crippen LogP contribution in [-0.4, -0.2) is 41.9 Å². The maximum absolute atomic E-state index is 12.9. The van der Waals surface area contributed by atoms with Crippen LogP contribution in [-0.2, 0) is 9.59 Å². The van der Waals surface area contributed by atoms with Crippen LogP contribution in [0.25, 0.3) is 0 Å². The minimum atomic E-state index is -0.875. The Bertz CT molecular complexity index is 612. The van der Waals surface area contributed by atoms with Crippen LogP contribution >= 0.6 is 0 Å². The first kappa shape index (κ1) is 17.9. The van der Waals surface area contributed by atoms with Crippen molar-refractivity contribution in [2.24, 2.45) is 11.7 Å². The third-order valence-electron chi connectivity index (χ3n) is 4.19. The largest absolute Gasteiger partial charge is 0.351 e. The number of carbonyl (C=O) groups is 3. The molecule has 0 unspecified atom stereocenters. The molecule has 0 saturated carbocycles. The zero-order valence-electron chi connectivity index (χ0n) is 13.4. The lowest BCUT2D eigenvalue weighted by atomic mass is 9.94. The molecular formula is C16H21FN4O3. The molecule has 4 amide bonds. The van der Waals surface area contributed by atoms with Gasteiger partial charge in [0.1, 0.15) is 5.82 Å². The lowest BCUT2D eigenvalue weighted by molar-refractivity contribution is -0.126. The van der Waals surface area contributed by atoms with Gasteiger partial charge in [0.25, 0.3) is 0 Å². The van der Waals surface area contributed by atoms with E-state index in [4.69, 9.17) is 5.73 Å². The number of hydrogen-bond donors (Lipinski definition) is 3. The van der Waals surface area contributed by atoms with Crippen LogP contribution in [0.1, 0.15) is 19.8 Å². The second-order valence-electron chi connectivity index (χ2n) is 5.84. The quantitative estimate of drug-likeness (QED) is 0.764. The van der Waals surface area contributed by atoms with E-state index < -0.39 is 18.0 Å². The van der Waals surface area contributed by atoms with Gasteiger partial charge in [-0.1, -0.05) is 0 Å². The number of imide groups is 1. The molecule has 1 heterocycles. The van der Waals surface area contributed by atoms with E-state index in [-0.39, 0.29) is 17.6 Å². The molecule has 1 aromatic carbocycles. The van der Waals surface area contributed by atoms with Crippen molar-refractivity contribution in [1.82, 2.24) is 10.2 Å². The second kappa shape index (κ2) is 7.87. The SMILES string of the molecule is C[C@@H](C(=O)NC(N)=O)N1CCC(C(=O)Nc2ccc(F)cc2)CC1. The number of nitrogens with two attached hydrogens (primary N) is 1. The Morgan fingerprint density at radius 3 is 2.33 bits per heavy atom. The second-order valence-corrected chi connectivity index (χ2v) is 5.84. The molecule has 1 atom stereocenters. The molecule has 0 spiro atoms. The summed E-state index contributed by atoms with van der Waals surface area (Å²) >= 11 is 0. The van der Waals surface area contributed by atoms with Crippen LogP contribution in [0.4, 0.5) is 14.9 Å². The van der Waals surface area contributed by atoms with E-state index in [2.05, 4.69) is 10.6 Å². The van der Waals surface area contributed by atoms with Gasteiger partial charge in [0, 0.05) is 11.6 Å². The molecule has 1 saturated heterocycles. The van der Waals surface area contributed by atoms with Crippen LogP contribution < -0.4 is 16.4 Å². The Morgan fingerprint density at radius 1 is 1.21 bits per heavy atom. The average Bonchev–Trinajstić information content (AvgIpc) is 2.55. The lowest BCUT2D eigenvalue weighted by Gasteiger charge is -2.34. The van der Waals surface area contributed by atoms with Gasteiger partial charge in [-0.2, -0.15) is 0 Å². The Morgan fingerprint density at radius 2 is 1.79 bits per heavy atom. The van der Waals surface area contributed by atoms with E-state index in [1.165, 1.54) is 24.3 Å². The summed E-state index contributed by atoms with van der Waals surface area (Å²) in [6.45, 7) is 2.82. The van der Waals surface area contributed by atoms with Crippen LogP contribution in [0.5, 0.6) is 0 Å². The molecule has 7 nitrogen and oxygen atoms in total. The molecule has 1 aromatic rings. The normalized spacial score (nSPS) is 17.1. The smallest absolute Gasteiger partial charge is 0.318 e. The third kappa shape index (κ3) is 4.76. The zero-order valence-corrected chi connectivity index (χ0v) is 13.4. The molecule has 130 valence electrons. The molecule has 2 rings (SSSR count). The highest BCUT2D eigenvalue weighted by Gasteiger charge is 2.30. The highest BCUT2D eigenvalue weighted by Crippen LogP contribution is 2.21. The van der Waals surface area contributed by atoms with E-state index in [9.17, 15) is 18.8 Å². The first-order valence-electron chi connectivity index (χ1n) is 7.77. The number of rotatable bonds is 4. The van der Waals surface area contributed by atoms with Crippen molar-refractivity contribution in [2.45, 2.75) is 25.8 Å². The molecule has 4 N–H and O–H groups in total. The molecule has 24 heavy (non-hydrogen) atoms. The number of urea groups is 1. The van der Waals surface area contributed by atoms with Gasteiger partial charge in [-0.3, -0.25) is 19.8 Å². The number of benzene rings is 1. The van der Waals surface area contributed by atoms with E-state index >= 15 is 0 Å². The highest BCUT2D eigenvalue weighted by molar-refractivity contribution is 5.96. The third-order valence-corrected chi connectivity index (χ3v) is 4.19. The van der Waals surface area contributed by atoms with Crippen LogP contribution in [0.15, 0.2) is 24.3 Å². The van der Waals surface area contributed by atoms with Crippen molar-refractivity contribution in [2.75, 3.05) is 18.4 Å². The molecule has 1 fully saturated rings. The average molecular weight is 336 g/mol. The summed E-state index contributed by atoms with van der Waals surface area (Å²) in [5.41, 5.74) is 5.49. The number of primary amides is 1. The molecule has 0 bridgehead atoms. The summed E-state index contributed by atoms with van der Waals surface area (Å²) in [6, 6.07) is 4.24. The monoisotopic (exact) mass is 336 g/mol. The van der Waals surface area contributed by atoms with Gasteiger partial charge in [-0.25, -0.2) is 9.18 Å². The zero-order chi connectivity index (χ0) is 17.7. The number of amides is 4. The Balaban J connectivity index is 1.83. The van der Waals surface area contributed by atoms with Crippen molar-refractivity contribution >= 4 is 23.5 Å². The number of hydrogen-bond acceptors (Lipinski definition) is 4. The first-order valence-corrected chi connectivity index (χ1v) is 7.77. The molecule has 0 aliphatic carbocycles. The lowest BCUT2D eigenvalue weighted by Crippen LogP contribution is -2.51. The van der Waals surface area contributed by atoms with Gasteiger partial charge in [0.05, 0.1) is 6.04 Å². The van der Waals surface area contributed by atoms with Crippen molar-refractivity contribution in [3.63, 3.8) is 0 Å². The number of halogens is 1. The summed E-state index contributed by atoms with van der Waals surface area (Å²) < 4.78 is 12.9. The molecular weight excluding hydrogens is 315 g/mol. The van der Waals surface area contributed by atoms with Gasteiger partial charge in [0.15, 0.2) is 0 Å². The van der Waals surface area contributed by atoms with E-state index in [1.807, 2.05) is 4.90 Å². The van der Waals surface area contributed by atoms with Crippen molar-refractivity contribution in [3.05, 3.63) is 30.1 Å². The molecule has 0 aromatic heterocycles. The van der Waals surface area contributed by atoms with Gasteiger partial charge in [0.2, 0.25) is 11.8 Å². The minimum absolute atomic E-state index is 0.115. The number of piperidine rings is 1. The minimum Gasteiger partial charge on any atom is -0.351 e. The highest BCUT2D eigenvalue weighted by atomic mass is 19.1. The fraction of sp³-hybridized carbons (Fsp3) is 0.438. The summed E-state index contributed by atoms with van der Waals surface area (Å²) in [4.78, 5) is 36.6. The predicted octanol–water partition coefficient (Wildman–Crippen LogP) is 1.06. The standard InChI is InChI=1S/C16H21FN4O3/c1-10(14(22)20-16(18)24)21-8-6-11(7-9-21)15(23)19-13-4-2-12(17)3-5-13/h2-5,10-11H,6-9H2,1H3,(H,19,23)(H3,18,20,22,24)/t10-/m0/s1. The Labute approximate surface area is 139 Å². The maximum Gasteiger partial charge on any atom is 0.318 e. The van der Waals surface area contributed by atoms with E-state index in [1.54, 1.807) is 6.92 Å². The van der Waals surface area contributed by atoms with Gasteiger partial charge in [-0.15, -0.1) is 0 Å². The van der Waals surface area contributed by atoms with Crippen molar-refractivity contribution < 1.29 is 18.8 Å². The first-order chi connectivity index (χ1) is 11.4. The van der Waals surface area contributed by atoms with E-state index in [0.29, 0.717) is 31.6 Å². The number of nitrogens with zero attached hydrogens (tertiary/aromatic N) is 1. The Kier molecular flexibility index (Phi) is 5.86. The summed E-state index contributed by atoms with van der Waals surface area (Å²) in [6.07, 6.45) is 1.20. The molecule has 0 radical (unpaired) electrons. The molecule has 1 aliphatic heterocycles. The predicted molar refractivity (Wildman–Crippen MR) is 86.5 cm³/mol. The van der Waals surface area contributed by atoms with Crippen LogP contribution in [0.3, 0.4) is 0 Å². The number of anilines is 1. The van der Waals surface area contributed by atoms with Gasteiger partial charge < -0.3 is 11.1 Å². The fourth-order valence-corrected chi connectivity index (χ4v) is 2.72. The van der Waals surface area contributed by atoms with Gasteiger partial charge >= 0.3 is 6.03 Å². The molecule has 1 aliphatic rings. The van der Waals surface area contributed by atoms with Crippen molar-refractivity contribution in [1.29, 1.82) is 0 Å². The summed E-state index contributed by atoms with van der Waals surface area (Å²) in [5, 5.41) is 4.83. The van der Waals surface area contributed by atoms with Gasteiger partial charge in [-0.05, 0) is 57.1 Å². The van der Waals surface area contributed by atoms with Crippen molar-refractivity contribution in [3.8, 4) is 0 Å². The van der Waals surface area contributed by atoms with Crippen LogP contribution in [0, 0.1) is 11.7 Å². The number of likely N-dealkylation sites (tertiary alicyclic amines) is 1. The molecule has 8 heteroatoms. The summed E-state index contributed by atoms with van der Waals surface area (Å²) in [5.74, 6) is -1.09. The Hall–Kier alpha value is -2.48. The maximum atomic E-state index is 12.9. The number of nitrogens with one attached hydrogen (secondary N) is 2. The number of carbonyl (C=O) groups excluding carboxylic acids is 3.